The maximum Gasteiger partial charge on any atom is 0.0853 e. The molecule has 92 valence electrons. The molecule has 1 aliphatic carbocycles. The molecule has 3 fully saturated rings. The summed E-state index contributed by atoms with van der Waals surface area (Å²) in [6.07, 6.45) is 8.36. The molecule has 2 aliphatic heterocycles. The van der Waals surface area contributed by atoms with Crippen LogP contribution in [0.1, 0.15) is 38.5 Å². The fourth-order valence-corrected chi connectivity index (χ4v) is 3.37. The van der Waals surface area contributed by atoms with E-state index in [0.29, 0.717) is 12.1 Å². The summed E-state index contributed by atoms with van der Waals surface area (Å²) in [6, 6.07) is 0.971. The molecule has 16 heavy (non-hydrogen) atoms. The highest BCUT2D eigenvalue weighted by Crippen LogP contribution is 2.32. The Morgan fingerprint density at radius 1 is 1.25 bits per heavy atom. The Labute approximate surface area is 98.3 Å². The third-order valence-corrected chi connectivity index (χ3v) is 4.72. The molecule has 2 saturated heterocycles. The van der Waals surface area contributed by atoms with Crippen LogP contribution in [0.3, 0.4) is 0 Å². The molecule has 2 N–H and O–H groups in total. The first-order valence-corrected chi connectivity index (χ1v) is 6.94. The van der Waals surface area contributed by atoms with E-state index in [1.807, 2.05) is 0 Å². The van der Waals surface area contributed by atoms with Gasteiger partial charge < -0.3 is 10.5 Å². The molecule has 0 amide bonds. The van der Waals surface area contributed by atoms with Crippen molar-refractivity contribution in [2.45, 2.75) is 56.7 Å². The molecule has 0 radical (unpaired) electrons. The molecule has 3 nitrogen and oxygen atoms in total. The minimum atomic E-state index is 0.270. The summed E-state index contributed by atoms with van der Waals surface area (Å²) in [7, 11) is 0. The summed E-state index contributed by atoms with van der Waals surface area (Å²) in [5, 5.41) is 0. The largest absolute Gasteiger partial charge is 0.374 e. The van der Waals surface area contributed by atoms with Crippen molar-refractivity contribution in [3.63, 3.8) is 0 Å². The van der Waals surface area contributed by atoms with Crippen LogP contribution in [0.2, 0.25) is 0 Å². The molecule has 0 spiro atoms. The molecule has 3 atom stereocenters. The van der Waals surface area contributed by atoms with Crippen molar-refractivity contribution >= 4 is 0 Å². The fraction of sp³-hybridized carbons (Fsp3) is 1.00. The van der Waals surface area contributed by atoms with Gasteiger partial charge in [-0.3, -0.25) is 4.90 Å². The number of morpholine rings is 1. The lowest BCUT2D eigenvalue weighted by molar-refractivity contribution is -0.0631. The minimum Gasteiger partial charge on any atom is -0.374 e. The normalized spacial score (nSPS) is 38.1. The topological polar surface area (TPSA) is 38.5 Å². The van der Waals surface area contributed by atoms with Gasteiger partial charge in [-0.2, -0.15) is 0 Å². The van der Waals surface area contributed by atoms with Gasteiger partial charge >= 0.3 is 0 Å². The number of nitrogens with two attached hydrogens (primary N) is 1. The zero-order valence-corrected chi connectivity index (χ0v) is 10.1. The zero-order valence-electron chi connectivity index (χ0n) is 10.1. The van der Waals surface area contributed by atoms with E-state index in [1.54, 1.807) is 0 Å². The van der Waals surface area contributed by atoms with E-state index < -0.39 is 0 Å². The predicted octanol–water partition coefficient (Wildman–Crippen LogP) is 1.37. The average Bonchev–Trinajstić information content (AvgIpc) is 2.69. The van der Waals surface area contributed by atoms with Gasteiger partial charge in [0, 0.05) is 18.6 Å². The maximum absolute atomic E-state index is 6.29. The number of nitrogens with zero attached hydrogens (tertiary/aromatic N) is 1. The Hall–Kier alpha value is -0.120. The van der Waals surface area contributed by atoms with Crippen molar-refractivity contribution in [2.24, 2.45) is 11.7 Å². The molecule has 1 saturated carbocycles. The van der Waals surface area contributed by atoms with Gasteiger partial charge in [-0.15, -0.1) is 0 Å². The lowest BCUT2D eigenvalue weighted by Gasteiger charge is -2.39. The lowest BCUT2D eigenvalue weighted by Crippen LogP contribution is -2.53. The molecular weight excluding hydrogens is 200 g/mol. The van der Waals surface area contributed by atoms with Crippen molar-refractivity contribution in [2.75, 3.05) is 19.7 Å². The Bertz CT molecular complexity index is 242. The van der Waals surface area contributed by atoms with Crippen LogP contribution in [-0.4, -0.2) is 42.8 Å². The summed E-state index contributed by atoms with van der Waals surface area (Å²) in [5.41, 5.74) is 6.29. The predicted molar refractivity (Wildman–Crippen MR) is 64.3 cm³/mol. The highest BCUT2D eigenvalue weighted by Gasteiger charge is 2.35. The number of hydrogen-bond donors (Lipinski definition) is 1. The van der Waals surface area contributed by atoms with Crippen molar-refractivity contribution in [3.8, 4) is 0 Å². The molecule has 3 rings (SSSR count). The number of hydrogen-bond acceptors (Lipinski definition) is 3. The number of rotatable bonds is 3. The molecule has 0 aromatic rings. The van der Waals surface area contributed by atoms with E-state index >= 15 is 0 Å². The van der Waals surface area contributed by atoms with Crippen LogP contribution >= 0.6 is 0 Å². The monoisotopic (exact) mass is 224 g/mol. The second-order valence-corrected chi connectivity index (χ2v) is 5.86. The average molecular weight is 224 g/mol. The van der Waals surface area contributed by atoms with Crippen LogP contribution in [0, 0.1) is 5.92 Å². The van der Waals surface area contributed by atoms with Gasteiger partial charge in [0.1, 0.15) is 0 Å². The van der Waals surface area contributed by atoms with Gasteiger partial charge in [0.25, 0.3) is 0 Å². The first kappa shape index (κ1) is 11.0. The first-order chi connectivity index (χ1) is 7.83. The van der Waals surface area contributed by atoms with E-state index in [0.717, 1.165) is 19.1 Å². The van der Waals surface area contributed by atoms with E-state index in [4.69, 9.17) is 10.5 Å². The summed E-state index contributed by atoms with van der Waals surface area (Å²) >= 11 is 0. The molecule has 0 bridgehead atoms. The molecule has 0 aromatic heterocycles. The fourth-order valence-electron chi connectivity index (χ4n) is 3.37. The summed E-state index contributed by atoms with van der Waals surface area (Å²) in [5.74, 6) is 0.898. The maximum atomic E-state index is 6.29. The van der Waals surface area contributed by atoms with Gasteiger partial charge in [-0.1, -0.05) is 19.3 Å². The molecule has 3 aliphatic rings. The Balaban J connectivity index is 1.50. The van der Waals surface area contributed by atoms with Crippen molar-refractivity contribution in [1.82, 2.24) is 4.90 Å². The van der Waals surface area contributed by atoms with Crippen LogP contribution in [0.4, 0.5) is 0 Å². The van der Waals surface area contributed by atoms with Crippen LogP contribution in [0.5, 0.6) is 0 Å². The standard InChI is InChI=1S/C13H24N2O/c14-12(7-10-3-1-4-10)13-8-15-6-2-5-11(15)9-16-13/h10-13H,1-9,14H2. The van der Waals surface area contributed by atoms with Crippen LogP contribution in [-0.2, 0) is 4.74 Å². The molecule has 2 heterocycles. The van der Waals surface area contributed by atoms with Gasteiger partial charge in [0.05, 0.1) is 12.7 Å². The van der Waals surface area contributed by atoms with Crippen LogP contribution < -0.4 is 5.73 Å². The zero-order chi connectivity index (χ0) is 11.0. The molecule has 0 aromatic carbocycles. The lowest BCUT2D eigenvalue weighted by atomic mass is 9.80. The SMILES string of the molecule is NC(CC1CCC1)C1CN2CCCC2CO1. The summed E-state index contributed by atoms with van der Waals surface area (Å²) in [6.45, 7) is 3.27. The first-order valence-electron chi connectivity index (χ1n) is 6.94. The number of fused-ring (bicyclic) bond motifs is 1. The Morgan fingerprint density at radius 2 is 2.12 bits per heavy atom. The molecule has 3 heteroatoms. The Morgan fingerprint density at radius 3 is 2.88 bits per heavy atom. The molecule has 3 unspecified atom stereocenters. The third-order valence-electron chi connectivity index (χ3n) is 4.72. The van der Waals surface area contributed by atoms with Crippen molar-refractivity contribution in [3.05, 3.63) is 0 Å². The molecular formula is C13H24N2O. The van der Waals surface area contributed by atoms with Crippen LogP contribution in [0.25, 0.3) is 0 Å². The van der Waals surface area contributed by atoms with E-state index in [2.05, 4.69) is 4.90 Å². The van der Waals surface area contributed by atoms with Gasteiger partial charge in [0.15, 0.2) is 0 Å². The second kappa shape index (κ2) is 4.63. The van der Waals surface area contributed by atoms with Gasteiger partial charge in [0.2, 0.25) is 0 Å². The van der Waals surface area contributed by atoms with E-state index in [9.17, 15) is 0 Å². The second-order valence-electron chi connectivity index (χ2n) is 5.86. The van der Waals surface area contributed by atoms with Crippen molar-refractivity contribution < 1.29 is 4.74 Å². The van der Waals surface area contributed by atoms with Crippen LogP contribution in [0.15, 0.2) is 0 Å². The third kappa shape index (κ3) is 2.13. The smallest absolute Gasteiger partial charge is 0.0853 e. The Kier molecular flexibility index (Phi) is 3.18. The van der Waals surface area contributed by atoms with E-state index in [-0.39, 0.29) is 6.04 Å². The summed E-state index contributed by atoms with van der Waals surface area (Å²) < 4.78 is 5.96. The number of ether oxygens (including phenoxy) is 1. The van der Waals surface area contributed by atoms with Crippen molar-refractivity contribution in [1.29, 1.82) is 0 Å². The highest BCUT2D eigenvalue weighted by molar-refractivity contribution is 4.90. The minimum absolute atomic E-state index is 0.270. The van der Waals surface area contributed by atoms with Gasteiger partial charge in [-0.05, 0) is 31.7 Å². The summed E-state index contributed by atoms with van der Waals surface area (Å²) in [4.78, 5) is 2.59. The van der Waals surface area contributed by atoms with Gasteiger partial charge in [-0.25, -0.2) is 0 Å². The quantitative estimate of drug-likeness (QED) is 0.787. The highest BCUT2D eigenvalue weighted by atomic mass is 16.5. The van der Waals surface area contributed by atoms with E-state index in [1.165, 1.54) is 45.1 Å².